The number of nitrogens with zero attached hydrogens (tertiary/aromatic N) is 1. The van der Waals surface area contributed by atoms with Crippen molar-refractivity contribution in [2.45, 2.75) is 25.7 Å². The van der Waals surface area contributed by atoms with Crippen molar-refractivity contribution in [3.63, 3.8) is 0 Å². The zero-order valence-electron chi connectivity index (χ0n) is 10.4. The normalized spacial score (nSPS) is 14.4. The molecule has 0 aliphatic heterocycles. The number of anilines is 1. The van der Waals surface area contributed by atoms with Crippen LogP contribution in [0.25, 0.3) is 0 Å². The average Bonchev–Trinajstić information content (AvgIpc) is 3.10. The Balaban J connectivity index is 1.76. The van der Waals surface area contributed by atoms with Crippen LogP contribution in [0.1, 0.15) is 40.6 Å². The summed E-state index contributed by atoms with van der Waals surface area (Å²) in [5.41, 5.74) is 1.49. The summed E-state index contributed by atoms with van der Waals surface area (Å²) in [7, 11) is 0. The fourth-order valence-electron chi connectivity index (χ4n) is 1.91. The molecule has 5 heteroatoms. The lowest BCUT2D eigenvalue weighted by atomic mass is 10.2. The maximum atomic E-state index is 13.0. The third kappa shape index (κ3) is 2.50. The Labute approximate surface area is 109 Å². The van der Waals surface area contributed by atoms with Crippen molar-refractivity contribution in [3.8, 4) is 0 Å². The first-order chi connectivity index (χ1) is 9.13. The molecule has 1 saturated carbocycles. The number of halogens is 1. The smallest absolute Gasteiger partial charge is 0.277 e. The molecule has 0 spiro atoms. The van der Waals surface area contributed by atoms with Gasteiger partial charge in [0.25, 0.3) is 5.91 Å². The van der Waals surface area contributed by atoms with Crippen LogP contribution in [0.5, 0.6) is 0 Å². The van der Waals surface area contributed by atoms with Gasteiger partial charge in [-0.25, -0.2) is 4.39 Å². The van der Waals surface area contributed by atoms with Gasteiger partial charge in [0.1, 0.15) is 11.6 Å². The predicted molar refractivity (Wildman–Crippen MR) is 67.6 cm³/mol. The summed E-state index contributed by atoms with van der Waals surface area (Å²) in [5, 5.41) is 6.46. The van der Waals surface area contributed by atoms with E-state index < -0.39 is 0 Å². The van der Waals surface area contributed by atoms with Crippen LogP contribution in [0.3, 0.4) is 0 Å². The van der Waals surface area contributed by atoms with Crippen LogP contribution in [0.15, 0.2) is 28.8 Å². The SMILES string of the molecule is Cc1cc(F)ccc1NC(=O)c1cc(C2CC2)on1. The van der Waals surface area contributed by atoms with Crippen molar-refractivity contribution in [2.75, 3.05) is 5.32 Å². The van der Waals surface area contributed by atoms with E-state index in [9.17, 15) is 9.18 Å². The van der Waals surface area contributed by atoms with E-state index in [1.54, 1.807) is 13.0 Å². The summed E-state index contributed by atoms with van der Waals surface area (Å²) in [4.78, 5) is 12.0. The van der Waals surface area contributed by atoms with Crippen LogP contribution in [0.2, 0.25) is 0 Å². The molecule has 1 N–H and O–H groups in total. The maximum absolute atomic E-state index is 13.0. The quantitative estimate of drug-likeness (QED) is 0.921. The molecule has 1 aliphatic carbocycles. The molecule has 1 aromatic heterocycles. The van der Waals surface area contributed by atoms with Crippen LogP contribution >= 0.6 is 0 Å². The topological polar surface area (TPSA) is 55.1 Å². The van der Waals surface area contributed by atoms with Crippen LogP contribution < -0.4 is 5.32 Å². The second-order valence-electron chi connectivity index (χ2n) is 4.80. The van der Waals surface area contributed by atoms with Crippen molar-refractivity contribution >= 4 is 11.6 Å². The van der Waals surface area contributed by atoms with Gasteiger partial charge in [-0.15, -0.1) is 0 Å². The van der Waals surface area contributed by atoms with E-state index in [2.05, 4.69) is 10.5 Å². The fourth-order valence-corrected chi connectivity index (χ4v) is 1.91. The first-order valence-electron chi connectivity index (χ1n) is 6.17. The number of aryl methyl sites for hydroxylation is 1. The summed E-state index contributed by atoms with van der Waals surface area (Å²) in [6, 6.07) is 5.88. The highest BCUT2D eigenvalue weighted by molar-refractivity contribution is 6.03. The molecule has 0 bridgehead atoms. The van der Waals surface area contributed by atoms with Crippen LogP contribution in [0.4, 0.5) is 10.1 Å². The molecule has 2 aromatic rings. The number of aromatic nitrogens is 1. The molecule has 1 fully saturated rings. The summed E-state index contributed by atoms with van der Waals surface area (Å²) in [6.45, 7) is 1.73. The largest absolute Gasteiger partial charge is 0.360 e. The number of carbonyl (C=O) groups excluding carboxylic acids is 1. The molecule has 0 atom stereocenters. The predicted octanol–water partition coefficient (Wildman–Crippen LogP) is 3.25. The minimum Gasteiger partial charge on any atom is -0.360 e. The molecular formula is C14H13FN2O2. The van der Waals surface area contributed by atoms with Crippen molar-refractivity contribution < 1.29 is 13.7 Å². The summed E-state index contributed by atoms with van der Waals surface area (Å²) in [5.74, 6) is 0.515. The van der Waals surface area contributed by atoms with Gasteiger partial charge in [0.2, 0.25) is 0 Å². The van der Waals surface area contributed by atoms with Gasteiger partial charge >= 0.3 is 0 Å². The molecule has 19 heavy (non-hydrogen) atoms. The highest BCUT2D eigenvalue weighted by Gasteiger charge is 2.28. The highest BCUT2D eigenvalue weighted by atomic mass is 19.1. The summed E-state index contributed by atoms with van der Waals surface area (Å²) in [6.07, 6.45) is 2.18. The fraction of sp³-hybridized carbons (Fsp3) is 0.286. The molecule has 1 aromatic carbocycles. The van der Waals surface area contributed by atoms with E-state index in [1.807, 2.05) is 0 Å². The number of hydrogen-bond donors (Lipinski definition) is 1. The lowest BCUT2D eigenvalue weighted by Crippen LogP contribution is -2.13. The third-order valence-corrected chi connectivity index (χ3v) is 3.18. The lowest BCUT2D eigenvalue weighted by Gasteiger charge is -2.06. The van der Waals surface area contributed by atoms with Crippen molar-refractivity contribution in [1.82, 2.24) is 5.16 Å². The Hall–Kier alpha value is -2.17. The standard InChI is InChI=1S/C14H13FN2O2/c1-8-6-10(15)4-5-11(8)16-14(18)12-7-13(19-17-12)9-2-3-9/h4-7,9H,2-3H2,1H3,(H,16,18). The molecule has 4 nitrogen and oxygen atoms in total. The molecule has 0 radical (unpaired) electrons. The van der Waals surface area contributed by atoms with Gasteiger partial charge in [0, 0.05) is 17.7 Å². The Bertz CT molecular complexity index is 632. The number of carbonyl (C=O) groups is 1. The number of hydrogen-bond acceptors (Lipinski definition) is 3. The molecule has 0 unspecified atom stereocenters. The molecule has 1 amide bonds. The molecule has 1 aliphatic rings. The van der Waals surface area contributed by atoms with Gasteiger partial charge in [-0.3, -0.25) is 4.79 Å². The number of nitrogens with one attached hydrogen (secondary N) is 1. The van der Waals surface area contributed by atoms with Crippen LogP contribution in [-0.4, -0.2) is 11.1 Å². The molecule has 3 rings (SSSR count). The zero-order chi connectivity index (χ0) is 13.4. The van der Waals surface area contributed by atoms with Crippen LogP contribution in [0, 0.1) is 12.7 Å². The maximum Gasteiger partial charge on any atom is 0.277 e. The Morgan fingerprint density at radius 1 is 1.42 bits per heavy atom. The second-order valence-corrected chi connectivity index (χ2v) is 4.80. The average molecular weight is 260 g/mol. The van der Waals surface area contributed by atoms with Gasteiger partial charge in [0.15, 0.2) is 5.69 Å². The van der Waals surface area contributed by atoms with E-state index in [1.165, 1.54) is 18.2 Å². The molecule has 98 valence electrons. The number of amides is 1. The Kier molecular flexibility index (Phi) is 2.81. The van der Waals surface area contributed by atoms with E-state index in [0.29, 0.717) is 17.2 Å². The summed E-state index contributed by atoms with van der Waals surface area (Å²) >= 11 is 0. The van der Waals surface area contributed by atoms with Gasteiger partial charge in [-0.2, -0.15) is 0 Å². The lowest BCUT2D eigenvalue weighted by molar-refractivity contribution is 0.101. The molecule has 1 heterocycles. The van der Waals surface area contributed by atoms with Crippen molar-refractivity contribution in [1.29, 1.82) is 0 Å². The third-order valence-electron chi connectivity index (χ3n) is 3.18. The first-order valence-corrected chi connectivity index (χ1v) is 6.17. The number of rotatable bonds is 3. The second kappa shape index (κ2) is 4.50. The van der Waals surface area contributed by atoms with Gasteiger partial charge in [-0.05, 0) is 43.5 Å². The minimum absolute atomic E-state index is 0.255. The van der Waals surface area contributed by atoms with Crippen molar-refractivity contribution in [2.24, 2.45) is 0 Å². The minimum atomic E-state index is -0.342. The van der Waals surface area contributed by atoms with E-state index >= 15 is 0 Å². The van der Waals surface area contributed by atoms with E-state index in [-0.39, 0.29) is 17.4 Å². The molecular weight excluding hydrogens is 247 g/mol. The van der Waals surface area contributed by atoms with Crippen molar-refractivity contribution in [3.05, 3.63) is 47.1 Å². The van der Waals surface area contributed by atoms with Crippen LogP contribution in [-0.2, 0) is 0 Å². The summed E-state index contributed by atoms with van der Waals surface area (Å²) < 4.78 is 18.1. The molecule has 0 saturated heterocycles. The highest BCUT2D eigenvalue weighted by Crippen LogP contribution is 2.40. The van der Waals surface area contributed by atoms with Gasteiger partial charge in [-0.1, -0.05) is 5.16 Å². The van der Waals surface area contributed by atoms with Gasteiger partial charge in [0.05, 0.1) is 0 Å². The zero-order valence-corrected chi connectivity index (χ0v) is 10.4. The monoisotopic (exact) mass is 260 g/mol. The first kappa shape index (κ1) is 11.9. The van der Waals surface area contributed by atoms with Gasteiger partial charge < -0.3 is 9.84 Å². The Morgan fingerprint density at radius 3 is 2.89 bits per heavy atom. The number of benzene rings is 1. The Morgan fingerprint density at radius 2 is 2.21 bits per heavy atom. The van der Waals surface area contributed by atoms with E-state index in [0.717, 1.165) is 18.6 Å². The van der Waals surface area contributed by atoms with E-state index in [4.69, 9.17) is 4.52 Å².